The van der Waals surface area contributed by atoms with E-state index in [0.717, 1.165) is 13.1 Å². The van der Waals surface area contributed by atoms with Crippen LogP contribution < -0.4 is 10.2 Å². The van der Waals surface area contributed by atoms with Crippen molar-refractivity contribution in [3.05, 3.63) is 59.7 Å². The normalized spacial score (nSPS) is 17.9. The molecule has 0 amide bonds. The molecular formula is C17H20N2. The summed E-state index contributed by atoms with van der Waals surface area (Å²) in [6, 6.07) is 17.2. The van der Waals surface area contributed by atoms with E-state index in [1.54, 1.807) is 0 Å². The van der Waals surface area contributed by atoms with E-state index in [2.05, 4.69) is 72.7 Å². The second-order valence-electron chi connectivity index (χ2n) is 5.28. The van der Waals surface area contributed by atoms with Crippen LogP contribution in [0.1, 0.15) is 24.0 Å². The second-order valence-corrected chi connectivity index (χ2v) is 5.28. The number of para-hydroxylation sites is 1. The summed E-state index contributed by atoms with van der Waals surface area (Å²) in [5.74, 6) is 0.561. The number of fused-ring (bicyclic) bond motifs is 1. The van der Waals surface area contributed by atoms with Crippen molar-refractivity contribution < 1.29 is 0 Å². The first-order valence-electron chi connectivity index (χ1n) is 6.88. The Morgan fingerprint density at radius 1 is 1.05 bits per heavy atom. The minimum atomic E-state index is 0.561. The molecule has 98 valence electrons. The summed E-state index contributed by atoms with van der Waals surface area (Å²) in [5.41, 5.74) is 5.49. The summed E-state index contributed by atoms with van der Waals surface area (Å²) in [4.78, 5) is 2.29. The van der Waals surface area contributed by atoms with Crippen molar-refractivity contribution in [2.24, 2.45) is 0 Å². The van der Waals surface area contributed by atoms with Gasteiger partial charge in [-0.15, -0.1) is 0 Å². The predicted octanol–water partition coefficient (Wildman–Crippen LogP) is 3.66. The summed E-state index contributed by atoms with van der Waals surface area (Å²) in [7, 11) is 2.15. The van der Waals surface area contributed by atoms with Gasteiger partial charge in [0.15, 0.2) is 0 Å². The minimum absolute atomic E-state index is 0.561. The molecule has 0 aromatic heterocycles. The number of nitrogens with zero attached hydrogens (tertiary/aromatic N) is 1. The molecule has 3 rings (SSSR count). The zero-order valence-electron chi connectivity index (χ0n) is 11.6. The van der Waals surface area contributed by atoms with Crippen LogP contribution in [0.5, 0.6) is 0 Å². The molecule has 1 atom stereocenters. The summed E-state index contributed by atoms with van der Waals surface area (Å²) < 4.78 is 0. The lowest BCUT2D eigenvalue weighted by Crippen LogP contribution is -2.28. The van der Waals surface area contributed by atoms with Gasteiger partial charge < -0.3 is 10.2 Å². The van der Waals surface area contributed by atoms with Gasteiger partial charge in [-0.1, -0.05) is 37.3 Å². The molecule has 1 aliphatic rings. The topological polar surface area (TPSA) is 15.3 Å². The van der Waals surface area contributed by atoms with Crippen molar-refractivity contribution in [1.82, 2.24) is 5.32 Å². The maximum absolute atomic E-state index is 3.48. The molecule has 2 aromatic carbocycles. The van der Waals surface area contributed by atoms with Gasteiger partial charge in [-0.25, -0.2) is 0 Å². The van der Waals surface area contributed by atoms with Gasteiger partial charge in [0.05, 0.1) is 0 Å². The number of benzene rings is 2. The fourth-order valence-electron chi connectivity index (χ4n) is 2.93. The van der Waals surface area contributed by atoms with Gasteiger partial charge in [0.1, 0.15) is 0 Å². The lowest BCUT2D eigenvalue weighted by Gasteiger charge is -2.30. The molecular weight excluding hydrogens is 232 g/mol. The lowest BCUT2D eigenvalue weighted by atomic mass is 9.90. The third-order valence-electron chi connectivity index (χ3n) is 3.94. The van der Waals surface area contributed by atoms with Crippen LogP contribution >= 0.6 is 0 Å². The average molecular weight is 252 g/mol. The molecule has 0 saturated heterocycles. The van der Waals surface area contributed by atoms with E-state index in [1.165, 1.54) is 22.5 Å². The van der Waals surface area contributed by atoms with Crippen molar-refractivity contribution in [1.29, 1.82) is 0 Å². The molecule has 0 aliphatic carbocycles. The van der Waals surface area contributed by atoms with Gasteiger partial charge in [0.2, 0.25) is 0 Å². The number of hydrogen-bond acceptors (Lipinski definition) is 2. The highest BCUT2D eigenvalue weighted by Gasteiger charge is 2.21. The van der Waals surface area contributed by atoms with E-state index in [4.69, 9.17) is 0 Å². The molecule has 1 unspecified atom stereocenters. The summed E-state index contributed by atoms with van der Waals surface area (Å²) in [6.07, 6.45) is 0. The van der Waals surface area contributed by atoms with Gasteiger partial charge >= 0.3 is 0 Å². The van der Waals surface area contributed by atoms with Gasteiger partial charge in [0, 0.05) is 31.5 Å². The zero-order valence-corrected chi connectivity index (χ0v) is 11.6. The molecule has 1 N–H and O–H groups in total. The maximum atomic E-state index is 3.48. The average Bonchev–Trinajstić information content (AvgIpc) is 2.47. The summed E-state index contributed by atoms with van der Waals surface area (Å²) in [6.45, 7) is 4.34. The van der Waals surface area contributed by atoms with Crippen molar-refractivity contribution in [2.45, 2.75) is 19.4 Å². The number of rotatable bonds is 2. The van der Waals surface area contributed by atoms with Crippen LogP contribution in [0.2, 0.25) is 0 Å². The Morgan fingerprint density at radius 2 is 1.84 bits per heavy atom. The first kappa shape index (κ1) is 12.2. The third-order valence-corrected chi connectivity index (χ3v) is 3.94. The molecule has 2 nitrogen and oxygen atoms in total. The Bertz CT molecular complexity index is 563. The first-order chi connectivity index (χ1) is 9.27. The Kier molecular flexibility index (Phi) is 3.26. The van der Waals surface area contributed by atoms with Gasteiger partial charge in [-0.2, -0.15) is 0 Å². The SMILES string of the molecule is CC1CNCc2cccc(N(C)c3ccccc3)c21. The number of anilines is 2. The predicted molar refractivity (Wildman–Crippen MR) is 81.1 cm³/mol. The third kappa shape index (κ3) is 2.24. The smallest absolute Gasteiger partial charge is 0.0447 e. The van der Waals surface area contributed by atoms with Gasteiger partial charge in [-0.3, -0.25) is 0 Å². The molecule has 2 aromatic rings. The molecule has 0 fully saturated rings. The largest absolute Gasteiger partial charge is 0.344 e. The molecule has 2 heteroatoms. The Hall–Kier alpha value is -1.80. The van der Waals surface area contributed by atoms with E-state index >= 15 is 0 Å². The molecule has 0 spiro atoms. The fraction of sp³-hybridized carbons (Fsp3) is 0.294. The van der Waals surface area contributed by atoms with Crippen LogP contribution in [0.15, 0.2) is 48.5 Å². The Morgan fingerprint density at radius 3 is 2.63 bits per heavy atom. The van der Waals surface area contributed by atoms with Crippen molar-refractivity contribution in [3.63, 3.8) is 0 Å². The highest BCUT2D eigenvalue weighted by atomic mass is 15.1. The van der Waals surface area contributed by atoms with Gasteiger partial charge in [0.25, 0.3) is 0 Å². The monoisotopic (exact) mass is 252 g/mol. The molecule has 19 heavy (non-hydrogen) atoms. The molecule has 0 saturated carbocycles. The highest BCUT2D eigenvalue weighted by Crippen LogP contribution is 2.35. The molecule has 0 bridgehead atoms. The van der Waals surface area contributed by atoms with Crippen LogP contribution in [0.25, 0.3) is 0 Å². The summed E-state index contributed by atoms with van der Waals surface area (Å²) in [5, 5.41) is 3.48. The highest BCUT2D eigenvalue weighted by molar-refractivity contribution is 5.68. The van der Waals surface area contributed by atoms with Gasteiger partial charge in [-0.05, 0) is 35.2 Å². The lowest BCUT2D eigenvalue weighted by molar-refractivity contribution is 0.571. The molecule has 1 aliphatic heterocycles. The Labute approximate surface area is 115 Å². The zero-order chi connectivity index (χ0) is 13.2. The van der Waals surface area contributed by atoms with E-state index in [1.807, 2.05) is 0 Å². The van der Waals surface area contributed by atoms with Crippen LogP contribution in [0.4, 0.5) is 11.4 Å². The number of nitrogens with one attached hydrogen (secondary N) is 1. The maximum Gasteiger partial charge on any atom is 0.0447 e. The van der Waals surface area contributed by atoms with E-state index in [9.17, 15) is 0 Å². The first-order valence-corrected chi connectivity index (χ1v) is 6.88. The Balaban J connectivity index is 2.06. The second kappa shape index (κ2) is 5.06. The standard InChI is InChI=1S/C17H20N2/c1-13-11-18-12-14-7-6-10-16(17(13)14)19(2)15-8-4-3-5-9-15/h3-10,13,18H,11-12H2,1-2H3. The minimum Gasteiger partial charge on any atom is -0.344 e. The quantitative estimate of drug-likeness (QED) is 0.877. The number of hydrogen-bond donors (Lipinski definition) is 1. The van der Waals surface area contributed by atoms with Crippen LogP contribution in [-0.4, -0.2) is 13.6 Å². The molecule has 0 radical (unpaired) electrons. The van der Waals surface area contributed by atoms with Crippen molar-refractivity contribution >= 4 is 11.4 Å². The van der Waals surface area contributed by atoms with Crippen LogP contribution in [0.3, 0.4) is 0 Å². The fourth-order valence-corrected chi connectivity index (χ4v) is 2.93. The van der Waals surface area contributed by atoms with E-state index in [-0.39, 0.29) is 0 Å². The van der Waals surface area contributed by atoms with E-state index in [0.29, 0.717) is 5.92 Å². The van der Waals surface area contributed by atoms with E-state index < -0.39 is 0 Å². The van der Waals surface area contributed by atoms with Crippen molar-refractivity contribution in [3.8, 4) is 0 Å². The van der Waals surface area contributed by atoms with Crippen LogP contribution in [-0.2, 0) is 6.54 Å². The van der Waals surface area contributed by atoms with Crippen LogP contribution in [0, 0.1) is 0 Å². The van der Waals surface area contributed by atoms with Crippen molar-refractivity contribution in [2.75, 3.05) is 18.5 Å². The molecule has 1 heterocycles. The summed E-state index contributed by atoms with van der Waals surface area (Å²) >= 11 is 0.